The highest BCUT2D eigenvalue weighted by Gasteiger charge is 2.35. The van der Waals surface area contributed by atoms with Gasteiger partial charge in [-0.2, -0.15) is 18.2 Å². The van der Waals surface area contributed by atoms with Crippen LogP contribution in [0.1, 0.15) is 11.1 Å². The molecule has 0 atom stereocenters. The fourth-order valence-electron chi connectivity index (χ4n) is 2.95. The summed E-state index contributed by atoms with van der Waals surface area (Å²) in [7, 11) is 0. The van der Waals surface area contributed by atoms with Gasteiger partial charge in [0.15, 0.2) is 0 Å². The van der Waals surface area contributed by atoms with Gasteiger partial charge in [0, 0.05) is 23.6 Å². The van der Waals surface area contributed by atoms with Gasteiger partial charge in [0.1, 0.15) is 24.0 Å². The maximum absolute atomic E-state index is 13.9. The molecule has 1 aromatic heterocycles. The molecule has 0 saturated carbocycles. The predicted molar refractivity (Wildman–Crippen MR) is 100.0 cm³/mol. The number of nitrogens with zero attached hydrogens (tertiary/aromatic N) is 2. The lowest BCUT2D eigenvalue weighted by molar-refractivity contribution is -0.139. The number of alkyl halides is 3. The molecule has 0 aliphatic carbocycles. The van der Waals surface area contributed by atoms with Crippen molar-refractivity contribution >= 4 is 38.6 Å². The Morgan fingerprint density at radius 3 is 2.71 bits per heavy atom. The molecule has 2 N–H and O–H groups in total. The minimum absolute atomic E-state index is 0.0223. The molecule has 2 aromatic carbocycles. The van der Waals surface area contributed by atoms with Crippen molar-refractivity contribution in [2.75, 3.05) is 23.8 Å². The number of hydrogen-bond acceptors (Lipinski definition) is 5. The van der Waals surface area contributed by atoms with E-state index in [0.29, 0.717) is 22.3 Å². The number of nitrogens with one attached hydrogen (secondary N) is 2. The van der Waals surface area contributed by atoms with E-state index in [1.54, 1.807) is 6.07 Å². The first-order valence-corrected chi connectivity index (χ1v) is 9.08. The molecule has 2 heterocycles. The van der Waals surface area contributed by atoms with Crippen molar-refractivity contribution in [2.45, 2.75) is 12.7 Å². The van der Waals surface area contributed by atoms with Gasteiger partial charge in [0.25, 0.3) is 0 Å². The van der Waals surface area contributed by atoms with E-state index in [9.17, 15) is 17.6 Å². The zero-order valence-corrected chi connectivity index (χ0v) is 15.8. The number of aromatic nitrogens is 2. The molecule has 4 rings (SSSR count). The summed E-state index contributed by atoms with van der Waals surface area (Å²) in [6, 6.07) is 6.67. The van der Waals surface area contributed by atoms with Gasteiger partial charge < -0.3 is 15.4 Å². The summed E-state index contributed by atoms with van der Waals surface area (Å²) in [6.07, 6.45) is -4.54. The number of benzene rings is 2. The second-order valence-corrected chi connectivity index (χ2v) is 6.95. The Bertz CT molecular complexity index is 1060. The quantitative estimate of drug-likeness (QED) is 0.468. The molecule has 0 fully saturated rings. The number of hydrogen-bond donors (Lipinski definition) is 2. The van der Waals surface area contributed by atoms with Crippen LogP contribution >= 0.6 is 15.9 Å². The van der Waals surface area contributed by atoms with E-state index in [2.05, 4.69) is 36.5 Å². The number of fused-ring (bicyclic) bond motifs is 5. The number of para-hydroxylation sites is 1. The van der Waals surface area contributed by atoms with Crippen molar-refractivity contribution in [3.05, 3.63) is 51.7 Å². The molecule has 0 saturated heterocycles. The van der Waals surface area contributed by atoms with Crippen molar-refractivity contribution in [3.8, 4) is 5.75 Å². The Labute approximate surface area is 165 Å². The third-order valence-electron chi connectivity index (χ3n) is 4.22. The lowest BCUT2D eigenvalue weighted by Crippen LogP contribution is -2.16. The Balaban J connectivity index is 1.81. The molecule has 0 spiro atoms. The predicted octanol–water partition coefficient (Wildman–Crippen LogP) is 4.97. The lowest BCUT2D eigenvalue weighted by atomic mass is 10.1. The summed E-state index contributed by atoms with van der Waals surface area (Å²) in [5.74, 6) is -0.0968. The Hall–Kier alpha value is -2.62. The van der Waals surface area contributed by atoms with Crippen LogP contribution < -0.4 is 15.4 Å². The molecule has 1 aliphatic heterocycles. The Kier molecular flexibility index (Phi) is 4.74. The second kappa shape index (κ2) is 7.08. The Morgan fingerprint density at radius 1 is 1.11 bits per heavy atom. The highest BCUT2D eigenvalue weighted by Crippen LogP contribution is 2.39. The molecule has 0 radical (unpaired) electrons. The first kappa shape index (κ1) is 18.7. The average Bonchev–Trinajstić information content (AvgIpc) is 2.66. The van der Waals surface area contributed by atoms with E-state index in [4.69, 9.17) is 4.74 Å². The monoisotopic (exact) mass is 456 g/mol. The molecule has 5 nitrogen and oxygen atoms in total. The van der Waals surface area contributed by atoms with Gasteiger partial charge in [0.05, 0.1) is 22.1 Å². The number of anilines is 2. The molecular weight excluding hydrogens is 444 g/mol. The minimum atomic E-state index is -4.54. The van der Waals surface area contributed by atoms with Crippen LogP contribution in [0, 0.1) is 5.82 Å². The van der Waals surface area contributed by atoms with Crippen LogP contribution in [0.3, 0.4) is 0 Å². The highest BCUT2D eigenvalue weighted by molar-refractivity contribution is 9.10. The van der Waals surface area contributed by atoms with Gasteiger partial charge in [-0.05, 0) is 28.1 Å². The van der Waals surface area contributed by atoms with E-state index in [0.717, 1.165) is 6.07 Å². The molecule has 10 heteroatoms. The van der Waals surface area contributed by atoms with E-state index in [-0.39, 0.29) is 35.9 Å². The first-order valence-electron chi connectivity index (χ1n) is 8.29. The normalized spacial score (nSPS) is 14.3. The van der Waals surface area contributed by atoms with Crippen LogP contribution in [0.25, 0.3) is 10.9 Å². The highest BCUT2D eigenvalue weighted by atomic mass is 79.9. The summed E-state index contributed by atoms with van der Waals surface area (Å²) in [5.41, 5.74) is -0.130. The van der Waals surface area contributed by atoms with Crippen LogP contribution in [0.5, 0.6) is 5.75 Å². The van der Waals surface area contributed by atoms with Crippen molar-refractivity contribution in [3.63, 3.8) is 0 Å². The van der Waals surface area contributed by atoms with Gasteiger partial charge in [-0.25, -0.2) is 9.37 Å². The Morgan fingerprint density at radius 2 is 1.93 bits per heavy atom. The van der Waals surface area contributed by atoms with E-state index < -0.39 is 17.6 Å². The topological polar surface area (TPSA) is 59.1 Å². The van der Waals surface area contributed by atoms with E-state index >= 15 is 0 Å². The van der Waals surface area contributed by atoms with Gasteiger partial charge in [-0.1, -0.05) is 12.1 Å². The number of rotatable bonds is 0. The van der Waals surface area contributed by atoms with Gasteiger partial charge in [0.2, 0.25) is 5.95 Å². The fraction of sp³-hybridized carbons (Fsp3) is 0.222. The van der Waals surface area contributed by atoms with Crippen molar-refractivity contribution in [1.82, 2.24) is 9.97 Å². The fourth-order valence-corrected chi connectivity index (χ4v) is 3.29. The SMILES string of the molecule is Fc1cc2nc3nc(c2cc1Br)NCc1cccc(C(F)(F)F)c1OCCN3. The van der Waals surface area contributed by atoms with E-state index in [1.807, 2.05) is 0 Å². The molecule has 0 amide bonds. The maximum Gasteiger partial charge on any atom is 0.419 e. The lowest BCUT2D eigenvalue weighted by Gasteiger charge is -2.17. The number of halogens is 5. The third kappa shape index (κ3) is 3.56. The zero-order valence-electron chi connectivity index (χ0n) is 14.2. The van der Waals surface area contributed by atoms with Crippen LogP contribution in [-0.2, 0) is 12.7 Å². The van der Waals surface area contributed by atoms with Crippen LogP contribution in [0.2, 0.25) is 0 Å². The first-order chi connectivity index (χ1) is 13.3. The standard InChI is InChI=1S/C18H13BrF4N4O/c19-12-6-10-14(7-13(12)20)26-17-24-4-5-28-15-9(8-25-16(10)27-17)2-1-3-11(15)18(21,22)23/h1-3,6-7H,4-5,8H2,(H2,24,25,26,27). The van der Waals surface area contributed by atoms with Crippen molar-refractivity contribution < 1.29 is 22.3 Å². The smallest absolute Gasteiger partial charge is 0.419 e. The molecule has 28 heavy (non-hydrogen) atoms. The average molecular weight is 457 g/mol. The van der Waals surface area contributed by atoms with E-state index in [1.165, 1.54) is 18.2 Å². The van der Waals surface area contributed by atoms with Crippen LogP contribution in [0.4, 0.5) is 29.3 Å². The van der Waals surface area contributed by atoms with Crippen molar-refractivity contribution in [1.29, 1.82) is 0 Å². The molecule has 2 bridgehead atoms. The molecule has 3 aromatic rings. The van der Waals surface area contributed by atoms with Crippen LogP contribution in [0.15, 0.2) is 34.8 Å². The number of ether oxygens (including phenoxy) is 1. The summed E-state index contributed by atoms with van der Waals surface area (Å²) < 4.78 is 59.7. The van der Waals surface area contributed by atoms with Gasteiger partial charge >= 0.3 is 6.18 Å². The third-order valence-corrected chi connectivity index (χ3v) is 4.83. The molecular formula is C18H13BrF4N4O. The summed E-state index contributed by atoms with van der Waals surface area (Å²) in [5, 5.41) is 6.45. The minimum Gasteiger partial charge on any atom is -0.491 e. The summed E-state index contributed by atoms with van der Waals surface area (Å²) in [4.78, 5) is 8.62. The van der Waals surface area contributed by atoms with Gasteiger partial charge in [-0.15, -0.1) is 0 Å². The van der Waals surface area contributed by atoms with Crippen LogP contribution in [-0.4, -0.2) is 23.1 Å². The molecule has 0 unspecified atom stereocenters. The van der Waals surface area contributed by atoms with Gasteiger partial charge in [-0.3, -0.25) is 0 Å². The largest absolute Gasteiger partial charge is 0.491 e. The summed E-state index contributed by atoms with van der Waals surface area (Å²) >= 11 is 3.13. The van der Waals surface area contributed by atoms with Crippen molar-refractivity contribution in [2.24, 2.45) is 0 Å². The zero-order chi connectivity index (χ0) is 19.9. The molecule has 1 aliphatic rings. The summed E-state index contributed by atoms with van der Waals surface area (Å²) in [6.45, 7) is 0.195. The maximum atomic E-state index is 13.9. The molecule has 146 valence electrons. The second-order valence-electron chi connectivity index (χ2n) is 6.10.